The van der Waals surface area contributed by atoms with Crippen molar-refractivity contribution in [2.24, 2.45) is 0 Å². The molecule has 0 heterocycles. The Hall–Kier alpha value is -2.24. The molecule has 0 bridgehead atoms. The van der Waals surface area contributed by atoms with Crippen molar-refractivity contribution < 1.29 is 19.3 Å². The maximum Gasteiger partial charge on any atom is 0.162 e. The molecule has 2 aromatic rings. The van der Waals surface area contributed by atoms with Crippen LogP contribution in [0.15, 0.2) is 48.5 Å². The van der Waals surface area contributed by atoms with Gasteiger partial charge in [0.25, 0.3) is 0 Å². The molecule has 0 radical (unpaired) electrons. The predicted molar refractivity (Wildman–Crippen MR) is 98.5 cm³/mol. The van der Waals surface area contributed by atoms with Crippen LogP contribution in [0.1, 0.15) is 25.5 Å². The molecule has 0 aliphatic carbocycles. The molecule has 2 atom stereocenters. The number of likely N-dealkylation sites (N-methyl/N-ethyl adjacent to an activating group) is 1. The summed E-state index contributed by atoms with van der Waals surface area (Å²) in [6.07, 6.45) is -1.23. The van der Waals surface area contributed by atoms with Gasteiger partial charge in [-0.1, -0.05) is 24.3 Å². The molecule has 2 N–H and O–H groups in total. The minimum absolute atomic E-state index is 0.411. The maximum atomic E-state index is 10.6. The van der Waals surface area contributed by atoms with Crippen LogP contribution in [0.4, 0.5) is 0 Å². The highest BCUT2D eigenvalue weighted by atomic mass is 16.5. The van der Waals surface area contributed by atoms with Crippen LogP contribution in [0.25, 0.3) is 0 Å². The molecule has 0 amide bonds. The Morgan fingerprint density at radius 3 is 2.16 bits per heavy atom. The van der Waals surface area contributed by atoms with Crippen molar-refractivity contribution in [3.8, 4) is 17.2 Å². The third kappa shape index (κ3) is 5.37. The van der Waals surface area contributed by atoms with Gasteiger partial charge in [0.1, 0.15) is 11.9 Å². The fraction of sp³-hybridized carbons (Fsp3) is 0.400. The first kappa shape index (κ1) is 19.1. The number of ether oxygens (including phenoxy) is 3. The van der Waals surface area contributed by atoms with E-state index in [0.29, 0.717) is 31.3 Å². The number of rotatable bonds is 10. The second-order valence-corrected chi connectivity index (χ2v) is 5.55. The first-order valence-electron chi connectivity index (χ1n) is 8.63. The molecule has 2 rings (SSSR count). The van der Waals surface area contributed by atoms with Gasteiger partial charge in [-0.3, -0.25) is 0 Å². The van der Waals surface area contributed by atoms with Crippen LogP contribution in [0.2, 0.25) is 0 Å². The highest BCUT2D eigenvalue weighted by Gasteiger charge is 2.24. The number of hydrogen-bond acceptors (Lipinski definition) is 5. The number of hydrogen-bond donors (Lipinski definition) is 2. The minimum atomic E-state index is -0.711. The van der Waals surface area contributed by atoms with Gasteiger partial charge in [-0.15, -0.1) is 0 Å². The van der Waals surface area contributed by atoms with E-state index < -0.39 is 12.2 Å². The summed E-state index contributed by atoms with van der Waals surface area (Å²) in [6.45, 7) is 5.45. The number of nitrogens with one attached hydrogen (secondary N) is 1. The lowest BCUT2D eigenvalue weighted by atomic mass is 10.0. The van der Waals surface area contributed by atoms with Gasteiger partial charge < -0.3 is 24.6 Å². The molecule has 0 aliphatic rings. The van der Waals surface area contributed by atoms with Crippen LogP contribution in [-0.2, 0) is 0 Å². The second kappa shape index (κ2) is 9.91. The molecule has 0 saturated heterocycles. The predicted octanol–water partition coefficient (Wildman–Crippen LogP) is 3.18. The summed E-state index contributed by atoms with van der Waals surface area (Å²) in [7, 11) is 1.80. The van der Waals surface area contributed by atoms with Crippen LogP contribution in [-0.4, -0.2) is 38.0 Å². The van der Waals surface area contributed by atoms with Gasteiger partial charge >= 0.3 is 0 Å². The van der Waals surface area contributed by atoms with Crippen LogP contribution in [0.3, 0.4) is 0 Å². The number of aliphatic hydroxyl groups is 1. The van der Waals surface area contributed by atoms with E-state index in [9.17, 15) is 5.11 Å². The topological polar surface area (TPSA) is 60.0 Å². The molecule has 5 heteroatoms. The molecule has 0 saturated carbocycles. The van der Waals surface area contributed by atoms with E-state index in [1.807, 2.05) is 62.4 Å². The summed E-state index contributed by atoms with van der Waals surface area (Å²) in [4.78, 5) is 0. The molecule has 2 aromatic carbocycles. The smallest absolute Gasteiger partial charge is 0.162 e. The normalized spacial score (nSPS) is 13.1. The van der Waals surface area contributed by atoms with Gasteiger partial charge in [0.05, 0.1) is 13.2 Å². The highest BCUT2D eigenvalue weighted by Crippen LogP contribution is 2.33. The van der Waals surface area contributed by atoms with Gasteiger partial charge in [-0.25, -0.2) is 0 Å². The van der Waals surface area contributed by atoms with E-state index in [-0.39, 0.29) is 0 Å². The van der Waals surface area contributed by atoms with E-state index in [0.717, 1.165) is 11.3 Å². The van der Waals surface area contributed by atoms with E-state index >= 15 is 0 Å². The fourth-order valence-corrected chi connectivity index (χ4v) is 2.56. The quantitative estimate of drug-likeness (QED) is 0.692. The van der Waals surface area contributed by atoms with Crippen LogP contribution in [0.5, 0.6) is 17.2 Å². The van der Waals surface area contributed by atoms with Crippen molar-refractivity contribution in [1.29, 1.82) is 0 Å². The first-order valence-corrected chi connectivity index (χ1v) is 8.63. The van der Waals surface area contributed by atoms with E-state index in [4.69, 9.17) is 14.2 Å². The Morgan fingerprint density at radius 2 is 1.56 bits per heavy atom. The van der Waals surface area contributed by atoms with Crippen molar-refractivity contribution in [2.75, 3.05) is 26.8 Å². The summed E-state index contributed by atoms with van der Waals surface area (Å²) in [5, 5.41) is 13.5. The van der Waals surface area contributed by atoms with Crippen LogP contribution in [0, 0.1) is 0 Å². The molecule has 5 nitrogen and oxygen atoms in total. The highest BCUT2D eigenvalue weighted by molar-refractivity contribution is 5.40. The Labute approximate surface area is 149 Å². The third-order valence-corrected chi connectivity index (χ3v) is 3.69. The summed E-state index contributed by atoms with van der Waals surface area (Å²) in [5.41, 5.74) is 0.873. The van der Waals surface area contributed by atoms with Crippen molar-refractivity contribution in [2.45, 2.75) is 26.1 Å². The van der Waals surface area contributed by atoms with Crippen molar-refractivity contribution in [3.05, 3.63) is 54.1 Å². The van der Waals surface area contributed by atoms with Crippen molar-refractivity contribution in [3.63, 3.8) is 0 Å². The SMILES string of the molecule is CCOc1ccc(C(Oc2ccccc2OCC)C(O)CNC)cc1. The lowest BCUT2D eigenvalue weighted by Crippen LogP contribution is -2.32. The summed E-state index contributed by atoms with van der Waals surface area (Å²) < 4.78 is 17.2. The molecular weight excluding hydrogens is 318 g/mol. The maximum absolute atomic E-state index is 10.6. The van der Waals surface area contributed by atoms with Gasteiger partial charge in [-0.05, 0) is 50.7 Å². The number of para-hydroxylation sites is 2. The standard InChI is InChI=1S/C20H27NO4/c1-4-23-16-12-10-15(11-13-16)20(17(22)14-21-3)25-19-9-7-6-8-18(19)24-5-2/h6-13,17,20-22H,4-5,14H2,1-3H3. The van der Waals surface area contributed by atoms with Gasteiger partial charge in [0.15, 0.2) is 17.6 Å². The molecule has 2 unspecified atom stereocenters. The van der Waals surface area contributed by atoms with E-state index in [2.05, 4.69) is 5.32 Å². The molecule has 0 spiro atoms. The van der Waals surface area contributed by atoms with Crippen molar-refractivity contribution in [1.82, 2.24) is 5.32 Å². The lowest BCUT2D eigenvalue weighted by Gasteiger charge is -2.25. The zero-order valence-electron chi connectivity index (χ0n) is 15.1. The Balaban J connectivity index is 2.27. The molecule has 25 heavy (non-hydrogen) atoms. The van der Waals surface area contributed by atoms with E-state index in [1.54, 1.807) is 7.05 Å². The van der Waals surface area contributed by atoms with Gasteiger partial charge in [0, 0.05) is 6.54 Å². The molecular formula is C20H27NO4. The molecule has 0 fully saturated rings. The lowest BCUT2D eigenvalue weighted by molar-refractivity contribution is 0.0350. The largest absolute Gasteiger partial charge is 0.494 e. The van der Waals surface area contributed by atoms with Crippen molar-refractivity contribution >= 4 is 0 Å². The Kier molecular flexibility index (Phi) is 7.57. The van der Waals surface area contributed by atoms with Crippen LogP contribution >= 0.6 is 0 Å². The molecule has 0 aliphatic heterocycles. The number of aliphatic hydroxyl groups excluding tert-OH is 1. The van der Waals surface area contributed by atoms with Gasteiger partial charge in [0.2, 0.25) is 0 Å². The second-order valence-electron chi connectivity index (χ2n) is 5.55. The molecule has 136 valence electrons. The average molecular weight is 345 g/mol. The molecule has 0 aromatic heterocycles. The zero-order valence-corrected chi connectivity index (χ0v) is 15.1. The zero-order chi connectivity index (χ0) is 18.1. The first-order chi connectivity index (χ1) is 12.2. The number of benzene rings is 2. The van der Waals surface area contributed by atoms with Gasteiger partial charge in [-0.2, -0.15) is 0 Å². The van der Waals surface area contributed by atoms with Crippen LogP contribution < -0.4 is 19.5 Å². The Morgan fingerprint density at radius 1 is 0.920 bits per heavy atom. The summed E-state index contributed by atoms with van der Waals surface area (Å²) in [6, 6.07) is 15.1. The average Bonchev–Trinajstić information content (AvgIpc) is 2.62. The fourth-order valence-electron chi connectivity index (χ4n) is 2.56. The monoisotopic (exact) mass is 345 g/mol. The Bertz CT molecular complexity index is 630. The van der Waals surface area contributed by atoms with E-state index in [1.165, 1.54) is 0 Å². The summed E-state index contributed by atoms with van der Waals surface area (Å²) >= 11 is 0. The third-order valence-electron chi connectivity index (χ3n) is 3.69. The minimum Gasteiger partial charge on any atom is -0.494 e. The summed E-state index contributed by atoms with van der Waals surface area (Å²) in [5.74, 6) is 2.07.